The highest BCUT2D eigenvalue weighted by Gasteiger charge is 2.34. The molecule has 0 unspecified atom stereocenters. The van der Waals surface area contributed by atoms with Crippen LogP contribution in [0.2, 0.25) is 0 Å². The number of amides is 1. The van der Waals surface area contributed by atoms with Gasteiger partial charge in [0, 0.05) is 31.6 Å². The van der Waals surface area contributed by atoms with Gasteiger partial charge < -0.3 is 4.90 Å². The number of hydrogen-bond donors (Lipinski definition) is 1. The molecule has 2 aliphatic heterocycles. The fraction of sp³-hybridized carbons (Fsp3) is 0.833. The smallest absolute Gasteiger partial charge is 0.226 e. The predicted octanol–water partition coefficient (Wildman–Crippen LogP) is 2.17. The molecule has 6 nitrogen and oxygen atoms in total. The first-order valence-corrected chi connectivity index (χ1v) is 9.69. The van der Waals surface area contributed by atoms with E-state index in [0.29, 0.717) is 11.8 Å². The molecule has 1 saturated carbocycles. The number of nitrogens with one attached hydrogen (secondary N) is 1. The molecule has 0 aromatic carbocycles. The van der Waals surface area contributed by atoms with Gasteiger partial charge >= 0.3 is 0 Å². The van der Waals surface area contributed by atoms with Crippen LogP contribution in [-0.4, -0.2) is 63.1 Å². The van der Waals surface area contributed by atoms with Crippen LogP contribution in [0.15, 0.2) is 6.33 Å². The summed E-state index contributed by atoms with van der Waals surface area (Å²) in [6.07, 6.45) is 11.2. The van der Waals surface area contributed by atoms with E-state index in [2.05, 4.69) is 25.0 Å². The number of likely N-dealkylation sites (tertiary alicyclic amines) is 2. The SMILES string of the molecule is O=C([C@H]1CCCN(C2CCCC2)C1)N1CCC(c2ncn[nH]2)CC1. The molecule has 1 aliphatic carbocycles. The molecule has 4 rings (SSSR count). The second-order valence-electron chi connectivity index (χ2n) is 7.74. The molecular formula is C18H29N5O. The summed E-state index contributed by atoms with van der Waals surface area (Å²) in [5.41, 5.74) is 0. The van der Waals surface area contributed by atoms with Crippen molar-refractivity contribution in [2.45, 2.75) is 63.3 Å². The van der Waals surface area contributed by atoms with Gasteiger partial charge in [-0.25, -0.2) is 4.98 Å². The summed E-state index contributed by atoms with van der Waals surface area (Å²) in [7, 11) is 0. The van der Waals surface area contributed by atoms with Crippen molar-refractivity contribution in [1.29, 1.82) is 0 Å². The van der Waals surface area contributed by atoms with Crippen LogP contribution < -0.4 is 0 Å². The van der Waals surface area contributed by atoms with Gasteiger partial charge in [0.1, 0.15) is 12.2 Å². The number of H-pyrrole nitrogens is 1. The summed E-state index contributed by atoms with van der Waals surface area (Å²) >= 11 is 0. The van der Waals surface area contributed by atoms with Crippen molar-refractivity contribution in [1.82, 2.24) is 25.0 Å². The largest absolute Gasteiger partial charge is 0.342 e. The average molecular weight is 331 g/mol. The minimum absolute atomic E-state index is 0.223. The number of aromatic nitrogens is 3. The normalized spacial score (nSPS) is 27.7. The van der Waals surface area contributed by atoms with Crippen LogP contribution >= 0.6 is 0 Å². The lowest BCUT2D eigenvalue weighted by Crippen LogP contribution is -2.49. The number of nitrogens with zero attached hydrogens (tertiary/aromatic N) is 4. The Morgan fingerprint density at radius 1 is 1.04 bits per heavy atom. The Balaban J connectivity index is 1.31. The second kappa shape index (κ2) is 7.21. The number of piperidine rings is 2. The number of aromatic amines is 1. The third kappa shape index (κ3) is 3.34. The van der Waals surface area contributed by atoms with Crippen molar-refractivity contribution in [2.24, 2.45) is 5.92 Å². The van der Waals surface area contributed by atoms with Crippen LogP contribution in [0, 0.1) is 5.92 Å². The molecule has 0 radical (unpaired) electrons. The zero-order valence-electron chi connectivity index (χ0n) is 14.5. The third-order valence-electron chi connectivity index (χ3n) is 6.27. The Kier molecular flexibility index (Phi) is 4.83. The Morgan fingerprint density at radius 2 is 1.83 bits per heavy atom. The highest BCUT2D eigenvalue weighted by Crippen LogP contribution is 2.30. The maximum Gasteiger partial charge on any atom is 0.226 e. The van der Waals surface area contributed by atoms with Gasteiger partial charge in [-0.1, -0.05) is 12.8 Å². The van der Waals surface area contributed by atoms with Gasteiger partial charge in [-0.3, -0.25) is 14.8 Å². The summed E-state index contributed by atoms with van der Waals surface area (Å²) in [5, 5.41) is 6.93. The fourth-order valence-electron chi connectivity index (χ4n) is 4.85. The minimum atomic E-state index is 0.223. The van der Waals surface area contributed by atoms with Gasteiger partial charge in [0.2, 0.25) is 5.91 Å². The highest BCUT2D eigenvalue weighted by atomic mass is 16.2. The molecule has 1 aromatic heterocycles. The van der Waals surface area contributed by atoms with Crippen molar-refractivity contribution < 1.29 is 4.79 Å². The molecule has 1 N–H and O–H groups in total. The zero-order valence-corrected chi connectivity index (χ0v) is 14.5. The molecule has 132 valence electrons. The Labute approximate surface area is 144 Å². The minimum Gasteiger partial charge on any atom is -0.342 e. The van der Waals surface area contributed by atoms with Gasteiger partial charge in [0.05, 0.1) is 5.92 Å². The van der Waals surface area contributed by atoms with E-state index in [-0.39, 0.29) is 5.92 Å². The van der Waals surface area contributed by atoms with Crippen LogP contribution in [0.3, 0.4) is 0 Å². The summed E-state index contributed by atoms with van der Waals surface area (Å²) in [6.45, 7) is 3.92. The molecule has 1 atom stereocenters. The quantitative estimate of drug-likeness (QED) is 0.922. The summed E-state index contributed by atoms with van der Waals surface area (Å²) < 4.78 is 0. The van der Waals surface area contributed by atoms with Crippen molar-refractivity contribution in [3.05, 3.63) is 12.2 Å². The lowest BCUT2D eigenvalue weighted by Gasteiger charge is -2.39. The molecule has 1 amide bonds. The first-order chi connectivity index (χ1) is 11.8. The van der Waals surface area contributed by atoms with Crippen LogP contribution in [0.5, 0.6) is 0 Å². The highest BCUT2D eigenvalue weighted by molar-refractivity contribution is 5.79. The average Bonchev–Trinajstić information content (AvgIpc) is 3.35. The molecule has 0 bridgehead atoms. The van der Waals surface area contributed by atoms with Gasteiger partial charge in [0.25, 0.3) is 0 Å². The Morgan fingerprint density at radius 3 is 2.54 bits per heavy atom. The lowest BCUT2D eigenvalue weighted by molar-refractivity contribution is -0.138. The molecule has 1 aromatic rings. The third-order valence-corrected chi connectivity index (χ3v) is 6.27. The lowest BCUT2D eigenvalue weighted by atomic mass is 9.92. The number of hydrogen-bond acceptors (Lipinski definition) is 4. The van der Waals surface area contributed by atoms with Crippen LogP contribution in [0.4, 0.5) is 0 Å². The second-order valence-corrected chi connectivity index (χ2v) is 7.74. The first-order valence-electron chi connectivity index (χ1n) is 9.69. The summed E-state index contributed by atoms with van der Waals surface area (Å²) in [4.78, 5) is 22.0. The van der Waals surface area contributed by atoms with E-state index in [1.165, 1.54) is 38.6 Å². The van der Waals surface area contributed by atoms with E-state index in [1.54, 1.807) is 6.33 Å². The molecule has 2 saturated heterocycles. The van der Waals surface area contributed by atoms with E-state index in [0.717, 1.165) is 50.8 Å². The zero-order chi connectivity index (χ0) is 16.4. The Hall–Kier alpha value is -1.43. The van der Waals surface area contributed by atoms with E-state index in [1.807, 2.05) is 0 Å². The van der Waals surface area contributed by atoms with E-state index < -0.39 is 0 Å². The summed E-state index contributed by atoms with van der Waals surface area (Å²) in [6, 6.07) is 0.748. The molecule has 24 heavy (non-hydrogen) atoms. The predicted molar refractivity (Wildman–Crippen MR) is 91.5 cm³/mol. The van der Waals surface area contributed by atoms with Crippen LogP contribution in [-0.2, 0) is 4.79 Å². The van der Waals surface area contributed by atoms with Crippen LogP contribution in [0.1, 0.15) is 63.1 Å². The standard InChI is InChI=1S/C18H29N5O/c24-18(15-4-3-9-23(12-15)16-5-1-2-6-16)22-10-7-14(8-11-22)17-19-13-20-21-17/h13-16H,1-12H2,(H,19,20,21)/t15-/m0/s1. The number of rotatable bonds is 3. The summed E-state index contributed by atoms with van der Waals surface area (Å²) in [5.74, 6) is 2.03. The molecule has 0 spiro atoms. The van der Waals surface area contributed by atoms with Crippen molar-refractivity contribution >= 4 is 5.91 Å². The topological polar surface area (TPSA) is 65.1 Å². The van der Waals surface area contributed by atoms with Crippen molar-refractivity contribution in [3.63, 3.8) is 0 Å². The molecular weight excluding hydrogens is 302 g/mol. The fourth-order valence-corrected chi connectivity index (χ4v) is 4.85. The van der Waals surface area contributed by atoms with Crippen molar-refractivity contribution in [3.8, 4) is 0 Å². The van der Waals surface area contributed by atoms with Gasteiger partial charge in [-0.2, -0.15) is 5.10 Å². The molecule has 3 fully saturated rings. The monoisotopic (exact) mass is 331 g/mol. The first kappa shape index (κ1) is 16.1. The van der Waals surface area contributed by atoms with E-state index >= 15 is 0 Å². The van der Waals surface area contributed by atoms with Gasteiger partial charge in [0.15, 0.2) is 0 Å². The maximum absolute atomic E-state index is 13.0. The maximum atomic E-state index is 13.0. The number of carbonyl (C=O) groups excluding carboxylic acids is 1. The van der Waals surface area contributed by atoms with Crippen LogP contribution in [0.25, 0.3) is 0 Å². The molecule has 6 heteroatoms. The van der Waals surface area contributed by atoms with Crippen molar-refractivity contribution in [2.75, 3.05) is 26.2 Å². The van der Waals surface area contributed by atoms with Gasteiger partial charge in [-0.05, 0) is 45.1 Å². The van der Waals surface area contributed by atoms with E-state index in [4.69, 9.17) is 0 Å². The Bertz CT molecular complexity index is 532. The van der Waals surface area contributed by atoms with Gasteiger partial charge in [-0.15, -0.1) is 0 Å². The molecule has 3 aliphatic rings. The molecule has 3 heterocycles. The van der Waals surface area contributed by atoms with E-state index in [9.17, 15) is 4.79 Å². The number of carbonyl (C=O) groups is 1.